The van der Waals surface area contributed by atoms with Gasteiger partial charge >= 0.3 is 11.7 Å². The second-order valence-electron chi connectivity index (χ2n) is 5.03. The van der Waals surface area contributed by atoms with Crippen molar-refractivity contribution < 1.29 is 18.7 Å². The fraction of sp³-hybridized carbons (Fsp3) is 0.643. The zero-order valence-electron chi connectivity index (χ0n) is 13.2. The van der Waals surface area contributed by atoms with Crippen molar-refractivity contribution in [2.75, 3.05) is 13.2 Å². The molecule has 0 aliphatic carbocycles. The molecule has 8 nitrogen and oxygen atoms in total. The first kappa shape index (κ1) is 19.0. The molecular formula is C14H22FN3O5. The van der Waals surface area contributed by atoms with Crippen LogP contribution in [-0.2, 0) is 14.3 Å². The standard InChI is InChI=1S/C11H14FN3O5.C3H8/c12-7-4-15(11(18)14-10(7)17)8-2-1-6(20-8)5-19-9(16)3-13;1-3-2/h4,6,8H,1-3,5,13H2,(H,14,17,18);3H2,1-2H3. The van der Waals surface area contributed by atoms with E-state index in [4.69, 9.17) is 15.2 Å². The highest BCUT2D eigenvalue weighted by Crippen LogP contribution is 2.27. The molecule has 1 aromatic rings. The fourth-order valence-electron chi connectivity index (χ4n) is 1.93. The maximum Gasteiger partial charge on any atom is 0.330 e. The van der Waals surface area contributed by atoms with Gasteiger partial charge in [0.05, 0.1) is 18.8 Å². The number of carbonyl (C=O) groups is 1. The number of aromatic amines is 1. The third-order valence-corrected chi connectivity index (χ3v) is 2.92. The van der Waals surface area contributed by atoms with E-state index in [2.05, 4.69) is 13.8 Å². The lowest BCUT2D eigenvalue weighted by atomic mass is 10.2. The molecule has 2 rings (SSSR count). The molecule has 0 aromatic carbocycles. The van der Waals surface area contributed by atoms with Gasteiger partial charge in [-0.15, -0.1) is 0 Å². The van der Waals surface area contributed by atoms with E-state index in [1.54, 1.807) is 0 Å². The van der Waals surface area contributed by atoms with Crippen LogP contribution in [0.5, 0.6) is 0 Å². The first-order valence-electron chi connectivity index (χ1n) is 7.44. The predicted octanol–water partition coefficient (Wildman–Crippen LogP) is 0.272. The summed E-state index contributed by atoms with van der Waals surface area (Å²) in [5.41, 5.74) is 3.27. The van der Waals surface area contributed by atoms with E-state index in [1.807, 2.05) is 4.98 Å². The lowest BCUT2D eigenvalue weighted by Crippen LogP contribution is -2.34. The Morgan fingerprint density at radius 1 is 1.48 bits per heavy atom. The third kappa shape index (κ3) is 5.61. The molecule has 1 aliphatic rings. The van der Waals surface area contributed by atoms with E-state index in [-0.39, 0.29) is 13.2 Å². The number of ether oxygens (including phenoxy) is 2. The van der Waals surface area contributed by atoms with Gasteiger partial charge in [0.1, 0.15) is 12.8 Å². The highest BCUT2D eigenvalue weighted by atomic mass is 19.1. The van der Waals surface area contributed by atoms with E-state index in [1.165, 1.54) is 6.42 Å². The third-order valence-electron chi connectivity index (χ3n) is 2.92. The van der Waals surface area contributed by atoms with E-state index in [0.717, 1.165) is 10.8 Å². The number of nitrogens with two attached hydrogens (primary N) is 1. The van der Waals surface area contributed by atoms with Crippen LogP contribution in [0.4, 0.5) is 4.39 Å². The molecule has 0 bridgehead atoms. The van der Waals surface area contributed by atoms with Gasteiger partial charge in [-0.25, -0.2) is 4.79 Å². The molecule has 2 unspecified atom stereocenters. The van der Waals surface area contributed by atoms with Gasteiger partial charge in [-0.1, -0.05) is 20.3 Å². The number of H-pyrrole nitrogens is 1. The number of esters is 1. The van der Waals surface area contributed by atoms with Gasteiger partial charge < -0.3 is 15.2 Å². The Hall–Kier alpha value is -2.00. The summed E-state index contributed by atoms with van der Waals surface area (Å²) in [5.74, 6) is -1.62. The normalized spacial score (nSPS) is 19.8. The molecule has 2 atom stereocenters. The van der Waals surface area contributed by atoms with Crippen LogP contribution in [0.3, 0.4) is 0 Å². The van der Waals surface area contributed by atoms with Crippen molar-refractivity contribution in [3.8, 4) is 0 Å². The van der Waals surface area contributed by atoms with Crippen LogP contribution < -0.4 is 17.0 Å². The first-order valence-corrected chi connectivity index (χ1v) is 7.44. The number of rotatable bonds is 4. The van der Waals surface area contributed by atoms with Gasteiger partial charge in [0, 0.05) is 0 Å². The summed E-state index contributed by atoms with van der Waals surface area (Å²) in [6.45, 7) is 4.05. The molecule has 23 heavy (non-hydrogen) atoms. The zero-order valence-corrected chi connectivity index (χ0v) is 13.2. The number of nitrogens with zero attached hydrogens (tertiary/aromatic N) is 1. The number of hydrogen-bond donors (Lipinski definition) is 2. The highest BCUT2D eigenvalue weighted by Gasteiger charge is 2.28. The number of carbonyl (C=O) groups excluding carboxylic acids is 1. The topological polar surface area (TPSA) is 116 Å². The Morgan fingerprint density at radius 2 is 2.13 bits per heavy atom. The van der Waals surface area contributed by atoms with Gasteiger partial charge in [0.15, 0.2) is 0 Å². The monoisotopic (exact) mass is 331 g/mol. The zero-order chi connectivity index (χ0) is 17.4. The Balaban J connectivity index is 0.000000816. The molecule has 2 heterocycles. The Morgan fingerprint density at radius 3 is 2.74 bits per heavy atom. The van der Waals surface area contributed by atoms with E-state index in [9.17, 15) is 18.8 Å². The molecule has 130 valence electrons. The maximum absolute atomic E-state index is 13.2. The average molecular weight is 331 g/mol. The van der Waals surface area contributed by atoms with E-state index in [0.29, 0.717) is 12.8 Å². The Labute approximate surface area is 132 Å². The van der Waals surface area contributed by atoms with Crippen molar-refractivity contribution in [2.24, 2.45) is 5.73 Å². The molecule has 0 amide bonds. The summed E-state index contributed by atoms with van der Waals surface area (Å²) in [7, 11) is 0. The van der Waals surface area contributed by atoms with Crippen molar-refractivity contribution >= 4 is 5.97 Å². The number of hydrogen-bond acceptors (Lipinski definition) is 6. The van der Waals surface area contributed by atoms with Gasteiger partial charge in [0.25, 0.3) is 5.56 Å². The fourth-order valence-corrected chi connectivity index (χ4v) is 1.93. The number of halogens is 1. The summed E-state index contributed by atoms with van der Waals surface area (Å²) < 4.78 is 24.4. The second-order valence-corrected chi connectivity index (χ2v) is 5.03. The van der Waals surface area contributed by atoms with Crippen LogP contribution in [-0.4, -0.2) is 34.8 Å². The lowest BCUT2D eigenvalue weighted by molar-refractivity contribution is -0.146. The molecule has 1 fully saturated rings. The van der Waals surface area contributed by atoms with Crippen molar-refractivity contribution in [3.63, 3.8) is 0 Å². The average Bonchev–Trinajstić information content (AvgIpc) is 2.98. The number of aromatic nitrogens is 2. The van der Waals surface area contributed by atoms with Crippen LogP contribution in [0.25, 0.3) is 0 Å². The van der Waals surface area contributed by atoms with Crippen LogP contribution in [0.2, 0.25) is 0 Å². The van der Waals surface area contributed by atoms with Crippen LogP contribution in [0.15, 0.2) is 15.8 Å². The molecule has 0 saturated carbocycles. The molecule has 0 spiro atoms. The van der Waals surface area contributed by atoms with Gasteiger partial charge in [-0.05, 0) is 12.8 Å². The molecular weight excluding hydrogens is 309 g/mol. The second kappa shape index (κ2) is 9.21. The van der Waals surface area contributed by atoms with E-state index < -0.39 is 35.4 Å². The molecule has 3 N–H and O–H groups in total. The Bertz CT molecular complexity index is 628. The largest absolute Gasteiger partial charge is 0.462 e. The van der Waals surface area contributed by atoms with Crippen LogP contribution >= 0.6 is 0 Å². The predicted molar refractivity (Wildman–Crippen MR) is 80.4 cm³/mol. The minimum Gasteiger partial charge on any atom is -0.462 e. The molecule has 1 saturated heterocycles. The quantitative estimate of drug-likeness (QED) is 0.765. The summed E-state index contributed by atoms with van der Waals surface area (Å²) in [4.78, 5) is 35.2. The minimum absolute atomic E-state index is 0.0210. The van der Waals surface area contributed by atoms with E-state index >= 15 is 0 Å². The molecule has 9 heteroatoms. The van der Waals surface area contributed by atoms with Crippen molar-refractivity contribution in [1.82, 2.24) is 9.55 Å². The Kier molecular flexibility index (Phi) is 7.63. The van der Waals surface area contributed by atoms with Crippen molar-refractivity contribution in [2.45, 2.75) is 45.4 Å². The smallest absolute Gasteiger partial charge is 0.330 e. The summed E-state index contributed by atoms with van der Waals surface area (Å²) in [6.07, 6.45) is 1.94. The summed E-state index contributed by atoms with van der Waals surface area (Å²) >= 11 is 0. The van der Waals surface area contributed by atoms with Crippen LogP contribution in [0, 0.1) is 5.82 Å². The van der Waals surface area contributed by atoms with Gasteiger partial charge in [-0.3, -0.25) is 19.1 Å². The highest BCUT2D eigenvalue weighted by molar-refractivity contribution is 5.71. The minimum atomic E-state index is -1.07. The SMILES string of the molecule is CCC.NCC(=O)OCC1CCC(n2cc(F)c(=O)[nH]c2=O)O1. The molecule has 1 aliphatic heterocycles. The van der Waals surface area contributed by atoms with Gasteiger partial charge in [-0.2, -0.15) is 4.39 Å². The van der Waals surface area contributed by atoms with Crippen molar-refractivity contribution in [1.29, 1.82) is 0 Å². The van der Waals surface area contributed by atoms with Crippen molar-refractivity contribution in [3.05, 3.63) is 32.9 Å². The number of nitrogens with one attached hydrogen (secondary N) is 1. The first-order chi connectivity index (χ1) is 10.9. The molecule has 1 aromatic heterocycles. The van der Waals surface area contributed by atoms with Crippen LogP contribution in [0.1, 0.15) is 39.3 Å². The maximum atomic E-state index is 13.2. The summed E-state index contributed by atoms with van der Waals surface area (Å²) in [6, 6.07) is 0. The summed E-state index contributed by atoms with van der Waals surface area (Å²) in [5, 5.41) is 0. The lowest BCUT2D eigenvalue weighted by Gasteiger charge is -2.15. The molecule has 0 radical (unpaired) electrons. The van der Waals surface area contributed by atoms with Gasteiger partial charge in [0.2, 0.25) is 5.82 Å².